The van der Waals surface area contributed by atoms with Gasteiger partial charge in [-0.2, -0.15) is 5.10 Å². The molecule has 0 unspecified atom stereocenters. The molecule has 3 rings (SSSR count). The molecule has 2 aromatic heterocycles. The highest BCUT2D eigenvalue weighted by Gasteiger charge is 2.20. The van der Waals surface area contributed by atoms with Gasteiger partial charge in [-0.05, 0) is 54.2 Å². The Morgan fingerprint density at radius 2 is 2.33 bits per heavy atom. The maximum atomic E-state index is 4.78. The fraction of sp³-hybridized carbons (Fsp3) is 0.462. The van der Waals surface area contributed by atoms with Gasteiger partial charge in [-0.3, -0.25) is 0 Å². The van der Waals surface area contributed by atoms with Crippen molar-refractivity contribution in [3.63, 3.8) is 0 Å². The molecule has 0 fully saturated rings. The van der Waals surface area contributed by atoms with Crippen molar-refractivity contribution in [2.75, 3.05) is 11.9 Å². The van der Waals surface area contributed by atoms with Gasteiger partial charge in [-0.1, -0.05) is 0 Å². The minimum absolute atomic E-state index is 0.919. The number of thiophene rings is 1. The minimum Gasteiger partial charge on any atom is -0.370 e. The molecule has 0 saturated carbocycles. The highest BCUT2D eigenvalue weighted by molar-refractivity contribution is 9.11. The van der Waals surface area contributed by atoms with Gasteiger partial charge in [0.1, 0.15) is 11.5 Å². The summed E-state index contributed by atoms with van der Waals surface area (Å²) in [6.07, 6.45) is 3.62. The minimum atomic E-state index is 0.919. The van der Waals surface area contributed by atoms with E-state index >= 15 is 0 Å². The van der Waals surface area contributed by atoms with Crippen LogP contribution in [0.2, 0.25) is 0 Å². The molecule has 1 N–H and O–H groups in total. The second-order valence-electron chi connectivity index (χ2n) is 4.48. The Kier molecular flexibility index (Phi) is 3.43. The Balaban J connectivity index is 2.12. The summed E-state index contributed by atoms with van der Waals surface area (Å²) in [5.74, 6) is 1.23. The Bertz CT molecular complexity index is 559. The van der Waals surface area contributed by atoms with E-state index in [-0.39, 0.29) is 0 Å². The Morgan fingerprint density at radius 3 is 3.06 bits per heavy atom. The molecule has 0 saturated heterocycles. The van der Waals surface area contributed by atoms with Gasteiger partial charge in [0, 0.05) is 18.7 Å². The van der Waals surface area contributed by atoms with Crippen LogP contribution in [0.4, 0.5) is 5.82 Å². The van der Waals surface area contributed by atoms with Crippen LogP contribution in [0.15, 0.2) is 15.9 Å². The molecule has 18 heavy (non-hydrogen) atoms. The lowest BCUT2D eigenvalue weighted by Crippen LogP contribution is -2.07. The van der Waals surface area contributed by atoms with Crippen molar-refractivity contribution < 1.29 is 0 Å². The van der Waals surface area contributed by atoms with Crippen LogP contribution >= 0.6 is 27.3 Å². The molecule has 96 valence electrons. The molecule has 0 atom stereocenters. The van der Waals surface area contributed by atoms with E-state index in [0.29, 0.717) is 0 Å². The van der Waals surface area contributed by atoms with Gasteiger partial charge in [0.15, 0.2) is 0 Å². The predicted molar refractivity (Wildman–Crippen MR) is 80.3 cm³/mol. The van der Waals surface area contributed by atoms with Crippen molar-refractivity contribution in [2.45, 2.75) is 32.7 Å². The van der Waals surface area contributed by atoms with E-state index in [1.807, 2.05) is 0 Å². The van der Waals surface area contributed by atoms with E-state index in [2.05, 4.69) is 45.0 Å². The standard InChI is InChI=1S/C13H16BrN3S/c1-2-17-13-9(5-3-4-8-15-13)12(16-17)10-6-7-11(14)18-10/h6-7,15H,2-5,8H2,1H3. The van der Waals surface area contributed by atoms with Gasteiger partial charge < -0.3 is 5.32 Å². The van der Waals surface area contributed by atoms with Gasteiger partial charge in [0.2, 0.25) is 0 Å². The SMILES string of the molecule is CCn1nc(-c2ccc(Br)s2)c2c1NCCCC2. The monoisotopic (exact) mass is 325 g/mol. The average Bonchev–Trinajstić information content (AvgIpc) is 2.85. The second kappa shape index (κ2) is 5.05. The van der Waals surface area contributed by atoms with Crippen molar-refractivity contribution in [1.82, 2.24) is 9.78 Å². The molecule has 0 aliphatic carbocycles. The summed E-state index contributed by atoms with van der Waals surface area (Å²) in [4.78, 5) is 1.26. The molecule has 3 nitrogen and oxygen atoms in total. The number of nitrogens with zero attached hydrogens (tertiary/aromatic N) is 2. The lowest BCUT2D eigenvalue weighted by atomic mass is 10.1. The lowest BCUT2D eigenvalue weighted by molar-refractivity contribution is 0.665. The molecule has 2 aromatic rings. The summed E-state index contributed by atoms with van der Waals surface area (Å²) >= 11 is 5.29. The molecule has 0 aromatic carbocycles. The van der Waals surface area contributed by atoms with E-state index in [1.165, 1.54) is 32.9 Å². The normalized spacial score (nSPS) is 15.0. The number of aromatic nitrogens is 2. The molecule has 1 aliphatic heterocycles. The van der Waals surface area contributed by atoms with Crippen molar-refractivity contribution in [2.24, 2.45) is 0 Å². The van der Waals surface area contributed by atoms with Gasteiger partial charge in [-0.25, -0.2) is 4.68 Å². The fourth-order valence-electron chi connectivity index (χ4n) is 2.44. The number of halogens is 1. The summed E-state index contributed by atoms with van der Waals surface area (Å²) in [5, 5.41) is 8.31. The Morgan fingerprint density at radius 1 is 1.44 bits per heavy atom. The predicted octanol–water partition coefficient (Wildman–Crippen LogP) is 4.14. The maximum Gasteiger partial charge on any atom is 0.128 e. The van der Waals surface area contributed by atoms with E-state index in [4.69, 9.17) is 5.10 Å². The van der Waals surface area contributed by atoms with Crippen LogP contribution in [0.3, 0.4) is 0 Å². The summed E-state index contributed by atoms with van der Waals surface area (Å²) in [5.41, 5.74) is 2.56. The molecular formula is C13H16BrN3S. The number of nitrogens with one attached hydrogen (secondary N) is 1. The largest absolute Gasteiger partial charge is 0.370 e. The first-order chi connectivity index (χ1) is 8.79. The number of rotatable bonds is 2. The molecule has 0 amide bonds. The van der Waals surface area contributed by atoms with E-state index in [1.54, 1.807) is 11.3 Å². The number of hydrogen-bond donors (Lipinski definition) is 1. The highest BCUT2D eigenvalue weighted by Crippen LogP contribution is 2.37. The van der Waals surface area contributed by atoms with Crippen LogP contribution in [0.5, 0.6) is 0 Å². The van der Waals surface area contributed by atoms with Crippen LogP contribution in [0, 0.1) is 0 Å². The molecule has 1 aliphatic rings. The third-order valence-corrected chi connectivity index (χ3v) is 4.93. The Labute approximate surface area is 119 Å². The van der Waals surface area contributed by atoms with Crippen molar-refractivity contribution >= 4 is 33.1 Å². The van der Waals surface area contributed by atoms with Gasteiger partial charge in [0.05, 0.1) is 8.66 Å². The zero-order chi connectivity index (χ0) is 12.5. The number of fused-ring (bicyclic) bond motifs is 1. The van der Waals surface area contributed by atoms with Crippen LogP contribution in [0.25, 0.3) is 10.6 Å². The number of hydrogen-bond acceptors (Lipinski definition) is 3. The first-order valence-electron chi connectivity index (χ1n) is 6.39. The van der Waals surface area contributed by atoms with Gasteiger partial charge in [0.25, 0.3) is 0 Å². The van der Waals surface area contributed by atoms with Crippen molar-refractivity contribution in [3.05, 3.63) is 21.5 Å². The smallest absolute Gasteiger partial charge is 0.128 e. The van der Waals surface area contributed by atoms with Crippen molar-refractivity contribution in [1.29, 1.82) is 0 Å². The van der Waals surface area contributed by atoms with Crippen LogP contribution < -0.4 is 5.32 Å². The van der Waals surface area contributed by atoms with E-state index in [0.717, 1.165) is 25.2 Å². The molecule has 3 heterocycles. The van der Waals surface area contributed by atoms with Crippen LogP contribution in [0.1, 0.15) is 25.3 Å². The third kappa shape index (κ3) is 2.10. The topological polar surface area (TPSA) is 29.9 Å². The first-order valence-corrected chi connectivity index (χ1v) is 8.00. The number of anilines is 1. The third-order valence-electron chi connectivity index (χ3n) is 3.30. The summed E-state index contributed by atoms with van der Waals surface area (Å²) < 4.78 is 3.27. The number of aryl methyl sites for hydroxylation is 1. The molecule has 5 heteroatoms. The van der Waals surface area contributed by atoms with E-state index < -0.39 is 0 Å². The molecule has 0 bridgehead atoms. The van der Waals surface area contributed by atoms with Gasteiger partial charge >= 0.3 is 0 Å². The quantitative estimate of drug-likeness (QED) is 0.899. The summed E-state index contributed by atoms with van der Waals surface area (Å²) in [7, 11) is 0. The summed E-state index contributed by atoms with van der Waals surface area (Å²) in [6.45, 7) is 4.13. The fourth-order valence-corrected chi connectivity index (χ4v) is 3.83. The molecule has 0 radical (unpaired) electrons. The maximum absolute atomic E-state index is 4.78. The van der Waals surface area contributed by atoms with Gasteiger partial charge in [-0.15, -0.1) is 11.3 Å². The average molecular weight is 326 g/mol. The van der Waals surface area contributed by atoms with E-state index in [9.17, 15) is 0 Å². The zero-order valence-electron chi connectivity index (χ0n) is 10.4. The van der Waals surface area contributed by atoms with Crippen molar-refractivity contribution in [3.8, 4) is 10.6 Å². The van der Waals surface area contributed by atoms with Crippen LogP contribution in [-0.4, -0.2) is 16.3 Å². The van der Waals surface area contributed by atoms with Crippen LogP contribution in [-0.2, 0) is 13.0 Å². The molecular weight excluding hydrogens is 310 g/mol. The Hall–Kier alpha value is -0.810. The second-order valence-corrected chi connectivity index (χ2v) is 6.94. The first kappa shape index (κ1) is 12.2. The summed E-state index contributed by atoms with van der Waals surface area (Å²) in [6, 6.07) is 4.25. The highest BCUT2D eigenvalue weighted by atomic mass is 79.9. The lowest BCUT2D eigenvalue weighted by Gasteiger charge is -2.06. The molecule has 0 spiro atoms. The zero-order valence-corrected chi connectivity index (χ0v) is 12.8.